The van der Waals surface area contributed by atoms with E-state index in [9.17, 15) is 4.79 Å². The van der Waals surface area contributed by atoms with Gasteiger partial charge in [0.15, 0.2) is 5.84 Å². The second-order valence-electron chi connectivity index (χ2n) is 5.14. The average Bonchev–Trinajstić information content (AvgIpc) is 2.48. The van der Waals surface area contributed by atoms with Crippen molar-refractivity contribution in [3.05, 3.63) is 35.4 Å². The Hall–Kier alpha value is -2.08. The lowest BCUT2D eigenvalue weighted by Gasteiger charge is -2.37. The van der Waals surface area contributed by atoms with Crippen molar-refractivity contribution >= 4 is 11.7 Å². The fourth-order valence-corrected chi connectivity index (χ4v) is 2.26. The number of hydrogen-bond acceptors (Lipinski definition) is 4. The van der Waals surface area contributed by atoms with Gasteiger partial charge in [-0.25, -0.2) is 0 Å². The van der Waals surface area contributed by atoms with Crippen LogP contribution in [-0.4, -0.2) is 59.5 Å². The Labute approximate surface area is 118 Å². The largest absolute Gasteiger partial charge is 0.409 e. The van der Waals surface area contributed by atoms with Gasteiger partial charge in [-0.05, 0) is 26.1 Å². The summed E-state index contributed by atoms with van der Waals surface area (Å²) < 4.78 is 0. The first kappa shape index (κ1) is 14.3. The van der Waals surface area contributed by atoms with Crippen molar-refractivity contribution in [2.45, 2.75) is 13.0 Å². The summed E-state index contributed by atoms with van der Waals surface area (Å²) >= 11 is 0. The molecule has 1 aliphatic heterocycles. The first-order valence-corrected chi connectivity index (χ1v) is 6.60. The van der Waals surface area contributed by atoms with Crippen LogP contribution in [0, 0.1) is 0 Å². The number of nitrogens with zero attached hydrogens (tertiary/aromatic N) is 3. The topological polar surface area (TPSA) is 82.2 Å². The van der Waals surface area contributed by atoms with Crippen LogP contribution in [0.5, 0.6) is 0 Å². The summed E-state index contributed by atoms with van der Waals surface area (Å²) in [6.07, 6.45) is 0. The summed E-state index contributed by atoms with van der Waals surface area (Å²) in [6, 6.07) is 7.14. The van der Waals surface area contributed by atoms with E-state index in [1.54, 1.807) is 24.3 Å². The van der Waals surface area contributed by atoms with Crippen LogP contribution < -0.4 is 5.73 Å². The maximum Gasteiger partial charge on any atom is 0.253 e. The van der Waals surface area contributed by atoms with Gasteiger partial charge in [0.2, 0.25) is 0 Å². The van der Waals surface area contributed by atoms with E-state index in [2.05, 4.69) is 24.0 Å². The first-order chi connectivity index (χ1) is 9.52. The van der Waals surface area contributed by atoms with E-state index < -0.39 is 0 Å². The van der Waals surface area contributed by atoms with Gasteiger partial charge in [-0.2, -0.15) is 0 Å². The standard InChI is InChI=1S/C14H20N4O2/c1-10-9-18(8-7-17(10)2)14(19)12-5-3-11(4-6-12)13(15)16-20/h3-6,10,20H,7-9H2,1-2H3,(H2,15,16). The van der Waals surface area contributed by atoms with Crippen LogP contribution in [0.3, 0.4) is 0 Å². The molecule has 1 aromatic rings. The summed E-state index contributed by atoms with van der Waals surface area (Å²) in [6.45, 7) is 4.47. The lowest BCUT2D eigenvalue weighted by Crippen LogP contribution is -2.52. The highest BCUT2D eigenvalue weighted by Gasteiger charge is 2.24. The predicted molar refractivity (Wildman–Crippen MR) is 76.9 cm³/mol. The van der Waals surface area contributed by atoms with Crippen molar-refractivity contribution < 1.29 is 10.0 Å². The van der Waals surface area contributed by atoms with E-state index in [0.717, 1.165) is 19.6 Å². The van der Waals surface area contributed by atoms with Gasteiger partial charge < -0.3 is 20.7 Å². The van der Waals surface area contributed by atoms with Crippen molar-refractivity contribution in [3.63, 3.8) is 0 Å². The summed E-state index contributed by atoms with van der Waals surface area (Å²) in [5.41, 5.74) is 6.71. The Balaban J connectivity index is 2.10. The molecule has 1 saturated heterocycles. The highest BCUT2D eigenvalue weighted by atomic mass is 16.4. The van der Waals surface area contributed by atoms with E-state index in [0.29, 0.717) is 17.2 Å². The van der Waals surface area contributed by atoms with Gasteiger partial charge in [0.05, 0.1) is 0 Å². The van der Waals surface area contributed by atoms with Crippen LogP contribution >= 0.6 is 0 Å². The Bertz CT molecular complexity index is 512. The molecule has 0 radical (unpaired) electrons. The third kappa shape index (κ3) is 2.91. The molecule has 20 heavy (non-hydrogen) atoms. The molecule has 1 atom stereocenters. The SMILES string of the molecule is CC1CN(C(=O)c2ccc(C(N)=NO)cc2)CCN1C. The Kier molecular flexibility index (Phi) is 4.24. The minimum Gasteiger partial charge on any atom is -0.409 e. The van der Waals surface area contributed by atoms with Crippen LogP contribution in [0.4, 0.5) is 0 Å². The van der Waals surface area contributed by atoms with Crippen molar-refractivity contribution in [3.8, 4) is 0 Å². The van der Waals surface area contributed by atoms with Crippen molar-refractivity contribution in [1.82, 2.24) is 9.80 Å². The number of carbonyl (C=O) groups is 1. The molecule has 0 bridgehead atoms. The van der Waals surface area contributed by atoms with Gasteiger partial charge in [-0.1, -0.05) is 17.3 Å². The number of likely N-dealkylation sites (N-methyl/N-ethyl adjacent to an activating group) is 1. The number of hydrogen-bond donors (Lipinski definition) is 2. The highest BCUT2D eigenvalue weighted by molar-refractivity contribution is 5.99. The van der Waals surface area contributed by atoms with Gasteiger partial charge in [-0.3, -0.25) is 4.79 Å². The number of amidine groups is 1. The molecule has 1 aliphatic rings. The number of carbonyl (C=O) groups excluding carboxylic acids is 1. The van der Waals surface area contributed by atoms with E-state index >= 15 is 0 Å². The minimum absolute atomic E-state index is 0.0241. The number of amides is 1. The van der Waals surface area contributed by atoms with E-state index in [-0.39, 0.29) is 11.7 Å². The fraction of sp³-hybridized carbons (Fsp3) is 0.429. The first-order valence-electron chi connectivity index (χ1n) is 6.60. The normalized spacial score (nSPS) is 21.0. The highest BCUT2D eigenvalue weighted by Crippen LogP contribution is 2.12. The van der Waals surface area contributed by atoms with E-state index in [4.69, 9.17) is 10.9 Å². The quantitative estimate of drug-likeness (QED) is 0.358. The monoisotopic (exact) mass is 276 g/mol. The molecule has 1 amide bonds. The third-order valence-corrected chi connectivity index (χ3v) is 3.78. The van der Waals surface area contributed by atoms with Crippen molar-refractivity contribution in [2.75, 3.05) is 26.7 Å². The zero-order chi connectivity index (χ0) is 14.7. The van der Waals surface area contributed by atoms with Crippen LogP contribution in [0.25, 0.3) is 0 Å². The summed E-state index contributed by atoms with van der Waals surface area (Å²) in [5, 5.41) is 11.5. The van der Waals surface area contributed by atoms with Crippen LogP contribution in [0.2, 0.25) is 0 Å². The molecule has 3 N–H and O–H groups in total. The molecule has 1 unspecified atom stereocenters. The minimum atomic E-state index is 0.0241. The van der Waals surface area contributed by atoms with Gasteiger partial charge in [-0.15, -0.1) is 0 Å². The lowest BCUT2D eigenvalue weighted by atomic mass is 10.1. The number of benzene rings is 1. The molecule has 6 nitrogen and oxygen atoms in total. The fourth-order valence-electron chi connectivity index (χ4n) is 2.26. The molecular formula is C14H20N4O2. The Morgan fingerprint density at radius 3 is 2.45 bits per heavy atom. The molecule has 0 saturated carbocycles. The molecule has 108 valence electrons. The Morgan fingerprint density at radius 2 is 1.90 bits per heavy atom. The van der Waals surface area contributed by atoms with Crippen molar-refractivity contribution in [2.24, 2.45) is 10.9 Å². The van der Waals surface area contributed by atoms with E-state index in [1.165, 1.54) is 0 Å². The maximum absolute atomic E-state index is 12.4. The molecule has 6 heteroatoms. The van der Waals surface area contributed by atoms with Gasteiger partial charge >= 0.3 is 0 Å². The van der Waals surface area contributed by atoms with E-state index in [1.807, 2.05) is 4.90 Å². The molecular weight excluding hydrogens is 256 g/mol. The Morgan fingerprint density at radius 1 is 1.30 bits per heavy atom. The number of piperazine rings is 1. The molecule has 1 heterocycles. The summed E-state index contributed by atoms with van der Waals surface area (Å²) in [7, 11) is 2.07. The molecule has 2 rings (SSSR count). The predicted octanol–water partition coefficient (Wildman–Crippen LogP) is 0.557. The number of oxime groups is 1. The second-order valence-corrected chi connectivity index (χ2v) is 5.14. The molecule has 0 aromatic heterocycles. The zero-order valence-electron chi connectivity index (χ0n) is 11.8. The zero-order valence-corrected chi connectivity index (χ0v) is 11.8. The molecule has 1 fully saturated rings. The molecule has 0 spiro atoms. The smallest absolute Gasteiger partial charge is 0.253 e. The molecule has 1 aromatic carbocycles. The van der Waals surface area contributed by atoms with Crippen molar-refractivity contribution in [1.29, 1.82) is 0 Å². The van der Waals surface area contributed by atoms with Gasteiger partial charge in [0, 0.05) is 36.8 Å². The second kappa shape index (κ2) is 5.92. The number of nitrogens with two attached hydrogens (primary N) is 1. The maximum atomic E-state index is 12.4. The van der Waals surface area contributed by atoms with Gasteiger partial charge in [0.1, 0.15) is 0 Å². The lowest BCUT2D eigenvalue weighted by molar-refractivity contribution is 0.0572. The average molecular weight is 276 g/mol. The van der Waals surface area contributed by atoms with Crippen LogP contribution in [0.1, 0.15) is 22.8 Å². The molecule has 0 aliphatic carbocycles. The van der Waals surface area contributed by atoms with Crippen LogP contribution in [0.15, 0.2) is 29.4 Å². The van der Waals surface area contributed by atoms with Gasteiger partial charge in [0.25, 0.3) is 5.91 Å². The van der Waals surface area contributed by atoms with Crippen LogP contribution in [-0.2, 0) is 0 Å². The number of rotatable bonds is 2. The summed E-state index contributed by atoms with van der Waals surface area (Å²) in [4.78, 5) is 16.5. The third-order valence-electron chi connectivity index (χ3n) is 3.78. The summed E-state index contributed by atoms with van der Waals surface area (Å²) in [5.74, 6) is 0.0632.